The fraction of sp³-hybridized carbons (Fsp3) is 1.00. The van der Waals surface area contributed by atoms with E-state index in [0.29, 0.717) is 0 Å². The van der Waals surface area contributed by atoms with E-state index in [0.717, 1.165) is 19.1 Å². The first-order valence-electron chi connectivity index (χ1n) is 7.11. The Kier molecular flexibility index (Phi) is 5.90. The van der Waals surface area contributed by atoms with Crippen molar-refractivity contribution < 1.29 is 0 Å². The third-order valence-electron chi connectivity index (χ3n) is 3.95. The predicted octanol–water partition coefficient (Wildman–Crippen LogP) is 1.78. The van der Waals surface area contributed by atoms with Crippen molar-refractivity contribution >= 4 is 0 Å². The Labute approximate surface area is 107 Å². The average Bonchev–Trinajstić information content (AvgIpc) is 2.30. The van der Waals surface area contributed by atoms with Gasteiger partial charge in [-0.1, -0.05) is 20.8 Å². The molecule has 3 heteroatoms. The minimum absolute atomic E-state index is 0.245. The van der Waals surface area contributed by atoms with Gasteiger partial charge in [-0.05, 0) is 57.9 Å². The number of nitrogens with zero attached hydrogens (tertiary/aromatic N) is 2. The van der Waals surface area contributed by atoms with Gasteiger partial charge >= 0.3 is 0 Å². The van der Waals surface area contributed by atoms with Crippen LogP contribution in [0, 0.1) is 5.41 Å². The van der Waals surface area contributed by atoms with Crippen LogP contribution in [0.4, 0.5) is 0 Å². The summed E-state index contributed by atoms with van der Waals surface area (Å²) in [6.07, 6.45) is 3.91. The lowest BCUT2D eigenvalue weighted by Crippen LogP contribution is -2.47. The molecule has 0 radical (unpaired) electrons. The lowest BCUT2D eigenvalue weighted by Gasteiger charge is -2.39. The van der Waals surface area contributed by atoms with Gasteiger partial charge in [-0.3, -0.25) is 0 Å². The molecule has 0 aliphatic carbocycles. The standard InChI is InChI=1S/C14H31N3/c1-5-8-17-9-6-13(7-10-17)16(4)12-14(2,3)11-15/h13H,5-12,15H2,1-4H3. The summed E-state index contributed by atoms with van der Waals surface area (Å²) in [6, 6.07) is 0.758. The molecule has 1 saturated heterocycles. The average molecular weight is 241 g/mol. The van der Waals surface area contributed by atoms with E-state index in [1.807, 2.05) is 0 Å². The highest BCUT2D eigenvalue weighted by atomic mass is 15.2. The minimum atomic E-state index is 0.245. The molecule has 0 unspecified atom stereocenters. The molecule has 1 fully saturated rings. The number of piperidine rings is 1. The molecule has 1 aliphatic heterocycles. The number of rotatable bonds is 6. The van der Waals surface area contributed by atoms with E-state index in [9.17, 15) is 0 Å². The summed E-state index contributed by atoms with van der Waals surface area (Å²) in [7, 11) is 2.26. The Morgan fingerprint density at radius 1 is 1.29 bits per heavy atom. The number of nitrogens with two attached hydrogens (primary N) is 1. The van der Waals surface area contributed by atoms with Crippen molar-refractivity contribution in [2.24, 2.45) is 11.1 Å². The van der Waals surface area contributed by atoms with E-state index in [2.05, 4.69) is 37.6 Å². The highest BCUT2D eigenvalue weighted by molar-refractivity contribution is 4.82. The van der Waals surface area contributed by atoms with Gasteiger partial charge in [0, 0.05) is 12.6 Å². The Bertz CT molecular complexity index is 208. The lowest BCUT2D eigenvalue weighted by atomic mass is 9.91. The van der Waals surface area contributed by atoms with Gasteiger partial charge in [-0.15, -0.1) is 0 Å². The largest absolute Gasteiger partial charge is 0.330 e. The summed E-state index contributed by atoms with van der Waals surface area (Å²) < 4.78 is 0. The van der Waals surface area contributed by atoms with Crippen molar-refractivity contribution in [3.63, 3.8) is 0 Å². The topological polar surface area (TPSA) is 32.5 Å². The summed E-state index contributed by atoms with van der Waals surface area (Å²) >= 11 is 0. The van der Waals surface area contributed by atoms with Gasteiger partial charge in [-0.25, -0.2) is 0 Å². The van der Waals surface area contributed by atoms with Gasteiger partial charge in [0.25, 0.3) is 0 Å². The van der Waals surface area contributed by atoms with Crippen LogP contribution < -0.4 is 5.73 Å². The molecule has 0 aromatic rings. The zero-order valence-electron chi connectivity index (χ0n) is 12.2. The van der Waals surface area contributed by atoms with Crippen LogP contribution in [0.15, 0.2) is 0 Å². The molecule has 0 bridgehead atoms. The summed E-state index contributed by atoms with van der Waals surface area (Å²) in [5.74, 6) is 0. The van der Waals surface area contributed by atoms with Crippen LogP contribution in [0.5, 0.6) is 0 Å². The zero-order chi connectivity index (χ0) is 12.9. The Balaban J connectivity index is 2.33. The van der Waals surface area contributed by atoms with Gasteiger partial charge in [0.15, 0.2) is 0 Å². The molecule has 0 atom stereocenters. The van der Waals surface area contributed by atoms with Gasteiger partial charge in [0.05, 0.1) is 0 Å². The second-order valence-corrected chi connectivity index (χ2v) is 6.36. The molecule has 102 valence electrons. The van der Waals surface area contributed by atoms with Gasteiger partial charge in [-0.2, -0.15) is 0 Å². The van der Waals surface area contributed by atoms with Crippen molar-refractivity contribution in [1.29, 1.82) is 0 Å². The quantitative estimate of drug-likeness (QED) is 0.769. The Hall–Kier alpha value is -0.120. The molecular weight excluding hydrogens is 210 g/mol. The minimum Gasteiger partial charge on any atom is -0.330 e. The maximum Gasteiger partial charge on any atom is 0.0117 e. The first-order valence-corrected chi connectivity index (χ1v) is 7.11. The molecule has 17 heavy (non-hydrogen) atoms. The second-order valence-electron chi connectivity index (χ2n) is 6.36. The molecule has 1 aliphatic rings. The monoisotopic (exact) mass is 241 g/mol. The predicted molar refractivity (Wildman–Crippen MR) is 75.2 cm³/mol. The van der Waals surface area contributed by atoms with Gasteiger partial charge in [0.1, 0.15) is 0 Å². The molecule has 3 nitrogen and oxygen atoms in total. The fourth-order valence-electron chi connectivity index (χ4n) is 2.77. The van der Waals surface area contributed by atoms with E-state index >= 15 is 0 Å². The van der Waals surface area contributed by atoms with Crippen molar-refractivity contribution in [2.75, 3.05) is 39.8 Å². The van der Waals surface area contributed by atoms with E-state index in [-0.39, 0.29) is 5.41 Å². The molecule has 0 spiro atoms. The van der Waals surface area contributed by atoms with Crippen LogP contribution in [0.1, 0.15) is 40.0 Å². The number of hydrogen-bond acceptors (Lipinski definition) is 3. The molecular formula is C14H31N3. The first kappa shape index (κ1) is 14.9. The van der Waals surface area contributed by atoms with Crippen molar-refractivity contribution in [3.05, 3.63) is 0 Å². The Morgan fingerprint density at radius 2 is 1.88 bits per heavy atom. The van der Waals surface area contributed by atoms with Crippen LogP contribution in [-0.4, -0.2) is 55.6 Å². The summed E-state index contributed by atoms with van der Waals surface area (Å²) in [6.45, 7) is 12.5. The van der Waals surface area contributed by atoms with Crippen LogP contribution in [0.25, 0.3) is 0 Å². The SMILES string of the molecule is CCCN1CCC(N(C)CC(C)(C)CN)CC1. The molecule has 0 aromatic carbocycles. The highest BCUT2D eigenvalue weighted by Gasteiger charge is 2.26. The van der Waals surface area contributed by atoms with Crippen molar-refractivity contribution in [3.8, 4) is 0 Å². The van der Waals surface area contributed by atoms with Crippen LogP contribution in [-0.2, 0) is 0 Å². The molecule has 1 heterocycles. The molecule has 2 N–H and O–H groups in total. The van der Waals surface area contributed by atoms with Crippen LogP contribution >= 0.6 is 0 Å². The van der Waals surface area contributed by atoms with Gasteiger partial charge < -0.3 is 15.5 Å². The smallest absolute Gasteiger partial charge is 0.0117 e. The molecule has 0 amide bonds. The summed E-state index contributed by atoms with van der Waals surface area (Å²) in [5.41, 5.74) is 6.06. The third kappa shape index (κ3) is 4.94. The first-order chi connectivity index (χ1) is 7.98. The van der Waals surface area contributed by atoms with Crippen LogP contribution in [0.3, 0.4) is 0 Å². The fourth-order valence-corrected chi connectivity index (χ4v) is 2.77. The van der Waals surface area contributed by atoms with E-state index < -0.39 is 0 Å². The molecule has 1 rings (SSSR count). The zero-order valence-corrected chi connectivity index (χ0v) is 12.2. The van der Waals surface area contributed by atoms with Gasteiger partial charge in [0.2, 0.25) is 0 Å². The number of likely N-dealkylation sites (tertiary alicyclic amines) is 1. The maximum absolute atomic E-state index is 5.81. The number of hydrogen-bond donors (Lipinski definition) is 1. The molecule has 0 saturated carbocycles. The lowest BCUT2D eigenvalue weighted by molar-refractivity contribution is 0.0991. The van der Waals surface area contributed by atoms with E-state index in [1.165, 1.54) is 38.9 Å². The summed E-state index contributed by atoms with van der Waals surface area (Å²) in [4.78, 5) is 5.12. The Morgan fingerprint density at radius 3 is 2.35 bits per heavy atom. The maximum atomic E-state index is 5.81. The second kappa shape index (κ2) is 6.72. The highest BCUT2D eigenvalue weighted by Crippen LogP contribution is 2.20. The van der Waals surface area contributed by atoms with E-state index in [1.54, 1.807) is 0 Å². The van der Waals surface area contributed by atoms with E-state index in [4.69, 9.17) is 5.73 Å². The molecule has 0 aromatic heterocycles. The third-order valence-corrected chi connectivity index (χ3v) is 3.95. The van der Waals surface area contributed by atoms with Crippen molar-refractivity contribution in [1.82, 2.24) is 9.80 Å². The normalized spacial score (nSPS) is 20.1. The van der Waals surface area contributed by atoms with Crippen molar-refractivity contribution in [2.45, 2.75) is 46.1 Å². The summed E-state index contributed by atoms with van der Waals surface area (Å²) in [5, 5.41) is 0. The van der Waals surface area contributed by atoms with Crippen LogP contribution in [0.2, 0.25) is 0 Å².